The molecule has 1 rings (SSSR count). The number of aliphatic hydroxyl groups is 1. The maximum absolute atomic E-state index is 9.28. The van der Waals surface area contributed by atoms with Gasteiger partial charge in [0.15, 0.2) is 5.79 Å². The molecular weight excluding hydrogens is 300 g/mol. The van der Waals surface area contributed by atoms with Gasteiger partial charge >= 0.3 is 0 Å². The molecule has 0 aliphatic carbocycles. The van der Waals surface area contributed by atoms with E-state index >= 15 is 0 Å². The molecule has 138 valence electrons. The Labute approximate surface area is 148 Å². The third-order valence-electron chi connectivity index (χ3n) is 4.94. The zero-order chi connectivity index (χ0) is 17.7. The zero-order valence-corrected chi connectivity index (χ0v) is 15.8. The van der Waals surface area contributed by atoms with E-state index < -0.39 is 5.79 Å². The molecule has 1 unspecified atom stereocenters. The molecule has 3 heteroatoms. The van der Waals surface area contributed by atoms with E-state index in [1.54, 1.807) is 14.2 Å². The number of hydrogen-bond donors (Lipinski definition) is 1. The Hall–Kier alpha value is -0.900. The van der Waals surface area contributed by atoms with E-state index in [1.165, 1.54) is 38.5 Å². The Bertz CT molecular complexity index is 401. The molecule has 1 atom stereocenters. The van der Waals surface area contributed by atoms with Crippen molar-refractivity contribution in [2.75, 3.05) is 20.8 Å². The van der Waals surface area contributed by atoms with Crippen molar-refractivity contribution in [3.63, 3.8) is 0 Å². The van der Waals surface area contributed by atoms with E-state index in [9.17, 15) is 5.11 Å². The van der Waals surface area contributed by atoms with Gasteiger partial charge in [-0.1, -0.05) is 75.8 Å². The summed E-state index contributed by atoms with van der Waals surface area (Å²) in [6.45, 7) is 2.46. The minimum Gasteiger partial charge on any atom is -0.396 e. The minimum absolute atomic E-state index is 0.214. The van der Waals surface area contributed by atoms with Gasteiger partial charge in [0, 0.05) is 32.3 Å². The van der Waals surface area contributed by atoms with E-state index in [2.05, 4.69) is 19.1 Å². The Morgan fingerprint density at radius 3 is 2.04 bits per heavy atom. The fourth-order valence-electron chi connectivity index (χ4n) is 3.59. The molecule has 0 aliphatic heterocycles. The average Bonchev–Trinajstić information content (AvgIpc) is 2.64. The molecule has 0 aliphatic rings. The highest BCUT2D eigenvalue weighted by atomic mass is 16.7. The number of unbranched alkanes of at least 4 members (excludes halogenated alkanes) is 5. The summed E-state index contributed by atoms with van der Waals surface area (Å²) in [4.78, 5) is 0. The Kier molecular flexibility index (Phi) is 11.0. The van der Waals surface area contributed by atoms with Crippen LogP contribution in [0.3, 0.4) is 0 Å². The maximum atomic E-state index is 9.28. The van der Waals surface area contributed by atoms with Gasteiger partial charge in [0.2, 0.25) is 0 Å². The highest BCUT2D eigenvalue weighted by Gasteiger charge is 2.40. The van der Waals surface area contributed by atoms with Gasteiger partial charge < -0.3 is 14.6 Å². The van der Waals surface area contributed by atoms with Crippen LogP contribution in [0.1, 0.15) is 70.3 Å². The van der Waals surface area contributed by atoms with Gasteiger partial charge in [-0.25, -0.2) is 0 Å². The molecule has 0 saturated carbocycles. The second kappa shape index (κ2) is 12.5. The highest BCUT2D eigenvalue weighted by molar-refractivity contribution is 5.21. The van der Waals surface area contributed by atoms with Crippen LogP contribution in [0.4, 0.5) is 0 Å². The van der Waals surface area contributed by atoms with Crippen LogP contribution in [-0.2, 0) is 15.3 Å². The van der Waals surface area contributed by atoms with Crippen LogP contribution in [0.5, 0.6) is 0 Å². The number of ether oxygens (including phenoxy) is 2. The Morgan fingerprint density at radius 2 is 1.46 bits per heavy atom. The highest BCUT2D eigenvalue weighted by Crippen LogP contribution is 2.39. The predicted molar refractivity (Wildman–Crippen MR) is 99.9 cm³/mol. The van der Waals surface area contributed by atoms with Crippen LogP contribution in [0.25, 0.3) is 0 Å². The van der Waals surface area contributed by atoms with Gasteiger partial charge in [-0.3, -0.25) is 0 Å². The fourth-order valence-corrected chi connectivity index (χ4v) is 3.59. The maximum Gasteiger partial charge on any atom is 0.197 e. The standard InChI is InChI=1S/C21H36O3/c1-4-5-6-7-8-10-14-20(17-13-18-22)21(23-2,24-3)19-15-11-9-12-16-19/h9,11-12,15-16,20,22H,4-8,10,13-14,17-18H2,1-3H3. The SMILES string of the molecule is CCCCCCCCC(CCCO)C(OC)(OC)c1ccccc1. The molecule has 0 aromatic heterocycles. The van der Waals surface area contributed by atoms with Gasteiger partial charge in [-0.05, 0) is 19.3 Å². The number of rotatable bonds is 14. The third kappa shape index (κ3) is 6.19. The first-order valence-electron chi connectivity index (χ1n) is 9.51. The molecular formula is C21H36O3. The van der Waals surface area contributed by atoms with Gasteiger partial charge in [-0.2, -0.15) is 0 Å². The molecule has 3 nitrogen and oxygen atoms in total. The molecule has 0 radical (unpaired) electrons. The number of benzene rings is 1. The van der Waals surface area contributed by atoms with E-state index in [4.69, 9.17) is 9.47 Å². The van der Waals surface area contributed by atoms with Crippen molar-refractivity contribution in [2.24, 2.45) is 5.92 Å². The van der Waals surface area contributed by atoms with Gasteiger partial charge in [0.25, 0.3) is 0 Å². The molecule has 0 saturated heterocycles. The summed E-state index contributed by atoms with van der Waals surface area (Å²) < 4.78 is 11.8. The first-order chi connectivity index (χ1) is 11.7. The van der Waals surface area contributed by atoms with Crippen molar-refractivity contribution in [3.05, 3.63) is 35.9 Å². The summed E-state index contributed by atoms with van der Waals surface area (Å²) >= 11 is 0. The van der Waals surface area contributed by atoms with Gasteiger partial charge in [0.05, 0.1) is 0 Å². The first kappa shape index (κ1) is 21.1. The molecule has 0 heterocycles. The molecule has 0 amide bonds. The lowest BCUT2D eigenvalue weighted by Gasteiger charge is -2.39. The second-order valence-corrected chi connectivity index (χ2v) is 6.56. The van der Waals surface area contributed by atoms with E-state index in [-0.39, 0.29) is 12.5 Å². The molecule has 1 aromatic carbocycles. The topological polar surface area (TPSA) is 38.7 Å². The zero-order valence-electron chi connectivity index (χ0n) is 15.8. The van der Waals surface area contributed by atoms with Gasteiger partial charge in [-0.15, -0.1) is 0 Å². The lowest BCUT2D eigenvalue weighted by molar-refractivity contribution is -0.253. The number of methoxy groups -OCH3 is 2. The van der Waals surface area contributed by atoms with E-state index in [1.807, 2.05) is 18.2 Å². The van der Waals surface area contributed by atoms with Gasteiger partial charge in [0.1, 0.15) is 0 Å². The lowest BCUT2D eigenvalue weighted by atomic mass is 9.83. The summed E-state index contributed by atoms with van der Waals surface area (Å²) in [6, 6.07) is 10.2. The monoisotopic (exact) mass is 336 g/mol. The predicted octanol–water partition coefficient (Wildman–Crippen LogP) is 5.27. The van der Waals surface area contributed by atoms with Crippen LogP contribution in [0.2, 0.25) is 0 Å². The Morgan fingerprint density at radius 1 is 0.875 bits per heavy atom. The lowest BCUT2D eigenvalue weighted by Crippen LogP contribution is -2.39. The minimum atomic E-state index is -0.722. The van der Waals surface area contributed by atoms with E-state index in [0.29, 0.717) is 0 Å². The summed E-state index contributed by atoms with van der Waals surface area (Å²) in [5.74, 6) is -0.479. The molecule has 0 bridgehead atoms. The fraction of sp³-hybridized carbons (Fsp3) is 0.714. The smallest absolute Gasteiger partial charge is 0.197 e. The van der Waals surface area contributed by atoms with Crippen molar-refractivity contribution in [3.8, 4) is 0 Å². The second-order valence-electron chi connectivity index (χ2n) is 6.56. The molecule has 1 N–H and O–H groups in total. The molecule has 0 fully saturated rings. The Balaban J connectivity index is 2.77. The summed E-state index contributed by atoms with van der Waals surface area (Å²) in [5, 5.41) is 9.28. The van der Waals surface area contributed by atoms with Crippen LogP contribution >= 0.6 is 0 Å². The van der Waals surface area contributed by atoms with Crippen LogP contribution in [-0.4, -0.2) is 25.9 Å². The van der Waals surface area contributed by atoms with Crippen molar-refractivity contribution < 1.29 is 14.6 Å². The molecule has 1 aromatic rings. The first-order valence-corrected chi connectivity index (χ1v) is 9.51. The summed E-state index contributed by atoms with van der Waals surface area (Å²) in [6.07, 6.45) is 10.4. The average molecular weight is 337 g/mol. The number of hydrogen-bond acceptors (Lipinski definition) is 3. The van der Waals surface area contributed by atoms with Crippen molar-refractivity contribution in [1.29, 1.82) is 0 Å². The van der Waals surface area contributed by atoms with Crippen LogP contribution in [0.15, 0.2) is 30.3 Å². The van der Waals surface area contributed by atoms with Crippen LogP contribution < -0.4 is 0 Å². The van der Waals surface area contributed by atoms with E-state index in [0.717, 1.165) is 24.8 Å². The largest absolute Gasteiger partial charge is 0.396 e. The number of aliphatic hydroxyl groups excluding tert-OH is 1. The quantitative estimate of drug-likeness (QED) is 0.371. The third-order valence-corrected chi connectivity index (χ3v) is 4.94. The summed E-state index contributed by atoms with van der Waals surface area (Å²) in [5.41, 5.74) is 1.06. The van der Waals surface area contributed by atoms with Crippen molar-refractivity contribution in [1.82, 2.24) is 0 Å². The molecule has 0 spiro atoms. The normalized spacial score (nSPS) is 13.2. The molecule has 24 heavy (non-hydrogen) atoms. The summed E-state index contributed by atoms with van der Waals surface area (Å²) in [7, 11) is 3.45. The van der Waals surface area contributed by atoms with Crippen LogP contribution in [0, 0.1) is 5.92 Å². The van der Waals surface area contributed by atoms with Crippen molar-refractivity contribution >= 4 is 0 Å². The van der Waals surface area contributed by atoms with Crippen molar-refractivity contribution in [2.45, 2.75) is 70.5 Å².